The van der Waals surface area contributed by atoms with E-state index >= 15 is 0 Å². The molecule has 262 valence electrons. The maximum Gasteiger partial charge on any atom is 0.0468 e. The Kier molecular flexibility index (Phi) is 7.85. The van der Waals surface area contributed by atoms with E-state index in [4.69, 9.17) is 0 Å². The van der Waals surface area contributed by atoms with Crippen LogP contribution in [0, 0.1) is 0 Å². The molecule has 1 aliphatic rings. The average molecular weight is 705 g/mol. The number of rotatable bonds is 7. The fraction of sp³-hybridized carbons (Fsp3) is 0.0566. The van der Waals surface area contributed by atoms with Crippen LogP contribution in [0.4, 0.5) is 34.1 Å². The summed E-state index contributed by atoms with van der Waals surface area (Å²) in [6.45, 7) is 4.78. The number of anilines is 6. The zero-order valence-corrected chi connectivity index (χ0v) is 31.0. The fourth-order valence-electron chi connectivity index (χ4n) is 8.70. The lowest BCUT2D eigenvalue weighted by Crippen LogP contribution is -2.23. The summed E-state index contributed by atoms with van der Waals surface area (Å²) >= 11 is 0. The summed E-state index contributed by atoms with van der Waals surface area (Å²) in [6.07, 6.45) is 0. The Bertz CT molecular complexity index is 2730. The molecule has 1 aliphatic carbocycles. The second-order valence-corrected chi connectivity index (χ2v) is 15.0. The summed E-state index contributed by atoms with van der Waals surface area (Å²) in [6, 6.07) is 74.9. The lowest BCUT2D eigenvalue weighted by molar-refractivity contribution is 0.645. The van der Waals surface area contributed by atoms with Crippen molar-refractivity contribution in [2.24, 2.45) is 0 Å². The predicted molar refractivity (Wildman–Crippen MR) is 234 cm³/mol. The van der Waals surface area contributed by atoms with Gasteiger partial charge in [0.2, 0.25) is 0 Å². The normalized spacial score (nSPS) is 12.7. The van der Waals surface area contributed by atoms with E-state index in [2.05, 4.69) is 230 Å². The van der Waals surface area contributed by atoms with Crippen molar-refractivity contribution in [1.82, 2.24) is 0 Å². The minimum Gasteiger partial charge on any atom is -0.311 e. The first-order valence-corrected chi connectivity index (χ1v) is 19.1. The van der Waals surface area contributed by atoms with Gasteiger partial charge in [0.1, 0.15) is 0 Å². The van der Waals surface area contributed by atoms with Gasteiger partial charge in [-0.1, -0.05) is 135 Å². The summed E-state index contributed by atoms with van der Waals surface area (Å²) in [5, 5.41) is 5.17. The monoisotopic (exact) mass is 704 g/mol. The zero-order valence-electron chi connectivity index (χ0n) is 31.0. The molecule has 2 nitrogen and oxygen atoms in total. The van der Waals surface area contributed by atoms with Crippen molar-refractivity contribution in [2.45, 2.75) is 19.3 Å². The second kappa shape index (κ2) is 13.2. The first kappa shape index (κ1) is 32.7. The second-order valence-electron chi connectivity index (χ2n) is 15.0. The van der Waals surface area contributed by atoms with Crippen molar-refractivity contribution in [1.29, 1.82) is 0 Å². The fourth-order valence-corrected chi connectivity index (χ4v) is 8.70. The highest BCUT2D eigenvalue weighted by atomic mass is 15.1. The van der Waals surface area contributed by atoms with E-state index < -0.39 is 0 Å². The van der Waals surface area contributed by atoms with Crippen LogP contribution >= 0.6 is 0 Å². The number of hydrogen-bond acceptors (Lipinski definition) is 2. The van der Waals surface area contributed by atoms with Crippen LogP contribution in [0.15, 0.2) is 206 Å². The molecule has 0 atom stereocenters. The number of hydrogen-bond donors (Lipinski definition) is 0. The van der Waals surface area contributed by atoms with Crippen LogP contribution in [0.5, 0.6) is 0 Å². The molecule has 0 aliphatic heterocycles. The van der Waals surface area contributed by atoms with Crippen LogP contribution in [-0.4, -0.2) is 0 Å². The van der Waals surface area contributed by atoms with E-state index in [1.54, 1.807) is 0 Å². The van der Waals surface area contributed by atoms with Crippen molar-refractivity contribution < 1.29 is 0 Å². The van der Waals surface area contributed by atoms with E-state index in [1.165, 1.54) is 54.9 Å². The highest BCUT2D eigenvalue weighted by molar-refractivity contribution is 6.17. The van der Waals surface area contributed by atoms with Crippen molar-refractivity contribution in [3.63, 3.8) is 0 Å². The smallest absolute Gasteiger partial charge is 0.0468 e. The lowest BCUT2D eigenvalue weighted by atomic mass is 9.67. The molecule has 0 amide bonds. The van der Waals surface area contributed by atoms with Gasteiger partial charge >= 0.3 is 0 Å². The van der Waals surface area contributed by atoms with Crippen molar-refractivity contribution in [3.8, 4) is 22.3 Å². The number of fused-ring (bicyclic) bond motifs is 4. The number of benzene rings is 9. The molecule has 2 heteroatoms. The van der Waals surface area contributed by atoms with E-state index in [1.807, 2.05) is 0 Å². The molecule has 0 bridgehead atoms. The molecule has 9 aromatic carbocycles. The Morgan fingerprint density at radius 3 is 1.38 bits per heavy atom. The van der Waals surface area contributed by atoms with Gasteiger partial charge in [0.25, 0.3) is 0 Å². The Hall–Kier alpha value is -6.90. The minimum atomic E-state index is -0.194. The lowest BCUT2D eigenvalue weighted by Gasteiger charge is -2.36. The third-order valence-electron chi connectivity index (χ3n) is 11.4. The van der Waals surface area contributed by atoms with Crippen LogP contribution in [0.1, 0.15) is 25.0 Å². The van der Waals surface area contributed by atoms with Crippen LogP contribution in [0.25, 0.3) is 43.8 Å². The largest absolute Gasteiger partial charge is 0.311 e. The Morgan fingerprint density at radius 1 is 0.327 bits per heavy atom. The molecule has 10 rings (SSSR count). The molecule has 0 N–H and O–H groups in total. The van der Waals surface area contributed by atoms with Gasteiger partial charge in [-0.2, -0.15) is 0 Å². The zero-order chi connectivity index (χ0) is 36.9. The summed E-state index contributed by atoms with van der Waals surface area (Å²) in [7, 11) is 0. The maximum atomic E-state index is 2.43. The van der Waals surface area contributed by atoms with Crippen molar-refractivity contribution in [2.75, 3.05) is 9.80 Å². The van der Waals surface area contributed by atoms with E-state index in [0.29, 0.717) is 0 Å². The summed E-state index contributed by atoms with van der Waals surface area (Å²) in [5.41, 5.74) is 14.4. The molecule has 9 aromatic rings. The van der Waals surface area contributed by atoms with E-state index in [-0.39, 0.29) is 5.41 Å². The average Bonchev–Trinajstić information content (AvgIpc) is 3.25. The van der Waals surface area contributed by atoms with Gasteiger partial charge < -0.3 is 9.80 Å². The Morgan fingerprint density at radius 2 is 0.818 bits per heavy atom. The molecule has 0 aromatic heterocycles. The van der Waals surface area contributed by atoms with E-state index in [0.717, 1.165) is 34.1 Å². The van der Waals surface area contributed by atoms with Crippen LogP contribution in [0.2, 0.25) is 0 Å². The molecule has 0 fully saturated rings. The third kappa shape index (κ3) is 5.57. The summed E-state index contributed by atoms with van der Waals surface area (Å²) in [4.78, 5) is 4.66. The quantitative estimate of drug-likeness (QED) is 0.152. The standard InChI is InChI=1S/C53H40N2/c1-53(2)50-25-15-24-47-48-36-45(55(42-20-11-5-12-21-42)43-22-13-6-14-23-43)32-28-39(48)34-49(52(47)50)46-33-29-38(35-51(46)53)37-26-30-44(31-27-37)54(40-16-7-3-8-17-40)41-18-9-4-10-19-41/h3-36H,1-2H3. The van der Waals surface area contributed by atoms with Crippen LogP contribution in [-0.2, 0) is 5.41 Å². The minimum absolute atomic E-state index is 0.194. The first-order valence-electron chi connectivity index (χ1n) is 19.1. The number of nitrogens with zero attached hydrogens (tertiary/aromatic N) is 2. The van der Waals surface area contributed by atoms with Gasteiger partial charge in [-0.25, -0.2) is 0 Å². The molecular formula is C53H40N2. The predicted octanol–water partition coefficient (Wildman–Crippen LogP) is 14.9. The Balaban J connectivity index is 1.07. The molecular weight excluding hydrogens is 665 g/mol. The molecule has 0 spiro atoms. The van der Waals surface area contributed by atoms with E-state index in [9.17, 15) is 0 Å². The third-order valence-corrected chi connectivity index (χ3v) is 11.4. The highest BCUT2D eigenvalue weighted by Gasteiger charge is 2.34. The van der Waals surface area contributed by atoms with Crippen LogP contribution in [0.3, 0.4) is 0 Å². The molecule has 0 heterocycles. The number of para-hydroxylation sites is 4. The van der Waals surface area contributed by atoms with Gasteiger partial charge in [-0.3, -0.25) is 0 Å². The Labute approximate surface area is 323 Å². The molecule has 0 radical (unpaired) electrons. The van der Waals surface area contributed by atoms with Crippen molar-refractivity contribution >= 4 is 55.7 Å². The van der Waals surface area contributed by atoms with Gasteiger partial charge in [0.15, 0.2) is 0 Å². The SMILES string of the molecule is CC1(C)c2cc(-c3ccc(N(c4ccccc4)c4ccccc4)cc3)ccc2-c2cc3ccc(N(c4ccccc4)c4ccccc4)cc3c3cccc1c23. The molecule has 0 saturated carbocycles. The van der Waals surface area contributed by atoms with Gasteiger partial charge in [0, 0.05) is 39.5 Å². The first-order chi connectivity index (χ1) is 27.0. The van der Waals surface area contributed by atoms with Crippen LogP contribution < -0.4 is 9.80 Å². The summed E-state index contributed by atoms with van der Waals surface area (Å²) in [5.74, 6) is 0. The molecule has 55 heavy (non-hydrogen) atoms. The van der Waals surface area contributed by atoms with Gasteiger partial charge in [0.05, 0.1) is 0 Å². The highest BCUT2D eigenvalue weighted by Crippen LogP contribution is 2.51. The molecule has 0 unspecified atom stereocenters. The molecule has 0 saturated heterocycles. The maximum absolute atomic E-state index is 2.43. The van der Waals surface area contributed by atoms with Crippen molar-refractivity contribution in [3.05, 3.63) is 217 Å². The topological polar surface area (TPSA) is 6.48 Å². The van der Waals surface area contributed by atoms with Gasteiger partial charge in [-0.05, 0) is 140 Å². The summed E-state index contributed by atoms with van der Waals surface area (Å²) < 4.78 is 0. The van der Waals surface area contributed by atoms with Gasteiger partial charge in [-0.15, -0.1) is 0 Å².